The van der Waals surface area contributed by atoms with Crippen LogP contribution in [0.5, 0.6) is 0 Å². The lowest BCUT2D eigenvalue weighted by atomic mass is 10.1. The van der Waals surface area contributed by atoms with Crippen molar-refractivity contribution in [3.8, 4) is 0 Å². The molecule has 1 aromatic heterocycles. The van der Waals surface area contributed by atoms with Crippen molar-refractivity contribution in [2.24, 2.45) is 5.73 Å². The number of rotatable bonds is 4. The van der Waals surface area contributed by atoms with E-state index in [-0.39, 0.29) is 0 Å². The second-order valence-electron chi connectivity index (χ2n) is 3.48. The number of hydrogen-bond donors (Lipinski definition) is 1. The molecule has 16 heavy (non-hydrogen) atoms. The Morgan fingerprint density at radius 1 is 1.25 bits per heavy atom. The Balaban J connectivity index is 1.97. The highest BCUT2D eigenvalue weighted by atomic mass is 32.1. The molecule has 0 aliphatic carbocycles. The van der Waals surface area contributed by atoms with Gasteiger partial charge in [-0.1, -0.05) is 30.3 Å². The Labute approximate surface area is 97.9 Å². The van der Waals surface area contributed by atoms with E-state index in [4.69, 9.17) is 5.73 Å². The number of nitrogens with two attached hydrogens (primary N) is 1. The minimum absolute atomic E-state index is 0.369. The summed E-state index contributed by atoms with van der Waals surface area (Å²) < 4.78 is 0. The summed E-state index contributed by atoms with van der Waals surface area (Å²) in [6, 6.07) is 10.2. The molecule has 0 fully saturated rings. The fraction of sp³-hybridized carbons (Fsp3) is 0.167. The number of nitrogens with zero attached hydrogens (tertiary/aromatic N) is 1. The number of carbonyl (C=O) groups excluding carboxylic acids is 1. The minimum atomic E-state index is -0.456. The lowest BCUT2D eigenvalue weighted by Gasteiger charge is -1.97. The van der Waals surface area contributed by atoms with Crippen molar-refractivity contribution >= 4 is 17.2 Å². The average molecular weight is 232 g/mol. The monoisotopic (exact) mass is 232 g/mol. The van der Waals surface area contributed by atoms with E-state index in [0.29, 0.717) is 5.69 Å². The second-order valence-corrected chi connectivity index (χ2v) is 4.42. The molecule has 0 atom stereocenters. The Morgan fingerprint density at radius 3 is 2.62 bits per heavy atom. The molecule has 2 N–H and O–H groups in total. The number of thiazole rings is 1. The van der Waals surface area contributed by atoms with Gasteiger partial charge in [0.15, 0.2) is 0 Å². The predicted octanol–water partition coefficient (Wildman–Crippen LogP) is 2.03. The fourth-order valence-corrected chi connectivity index (χ4v) is 2.22. The number of benzene rings is 1. The van der Waals surface area contributed by atoms with E-state index in [9.17, 15) is 4.79 Å². The van der Waals surface area contributed by atoms with E-state index in [1.165, 1.54) is 16.9 Å². The Morgan fingerprint density at radius 2 is 2.00 bits per heavy atom. The maximum Gasteiger partial charge on any atom is 0.268 e. The van der Waals surface area contributed by atoms with Crippen LogP contribution in [0.1, 0.15) is 21.1 Å². The summed E-state index contributed by atoms with van der Waals surface area (Å²) in [6.45, 7) is 0. The summed E-state index contributed by atoms with van der Waals surface area (Å²) in [5.41, 5.74) is 6.78. The Bertz CT molecular complexity index is 479. The molecule has 82 valence electrons. The van der Waals surface area contributed by atoms with Crippen LogP contribution in [0.25, 0.3) is 0 Å². The van der Waals surface area contributed by atoms with Crippen molar-refractivity contribution in [3.63, 3.8) is 0 Å². The molecule has 2 rings (SSSR count). The molecule has 0 saturated heterocycles. The molecule has 0 spiro atoms. The lowest BCUT2D eigenvalue weighted by Crippen LogP contribution is -2.11. The molecule has 0 saturated carbocycles. The first-order chi connectivity index (χ1) is 7.75. The van der Waals surface area contributed by atoms with Gasteiger partial charge in [-0.15, -0.1) is 11.3 Å². The highest BCUT2D eigenvalue weighted by molar-refractivity contribution is 7.09. The van der Waals surface area contributed by atoms with Crippen LogP contribution in [0.3, 0.4) is 0 Å². The Hall–Kier alpha value is -1.68. The van der Waals surface area contributed by atoms with Crippen LogP contribution in [0.2, 0.25) is 0 Å². The fourth-order valence-electron chi connectivity index (χ4n) is 1.43. The van der Waals surface area contributed by atoms with E-state index in [2.05, 4.69) is 17.1 Å². The van der Waals surface area contributed by atoms with Gasteiger partial charge in [-0.2, -0.15) is 0 Å². The molecule has 1 aromatic carbocycles. The summed E-state index contributed by atoms with van der Waals surface area (Å²) in [7, 11) is 0. The summed E-state index contributed by atoms with van der Waals surface area (Å²) in [5, 5.41) is 2.67. The number of carbonyl (C=O) groups is 1. The SMILES string of the molecule is NC(=O)c1csc(CCc2ccccc2)n1. The third kappa shape index (κ3) is 2.67. The van der Waals surface area contributed by atoms with Gasteiger partial charge in [0.2, 0.25) is 0 Å². The summed E-state index contributed by atoms with van der Waals surface area (Å²) in [5.74, 6) is -0.456. The molecular formula is C12H12N2OS. The van der Waals surface area contributed by atoms with Crippen LogP contribution in [0, 0.1) is 0 Å². The summed E-state index contributed by atoms with van der Waals surface area (Å²) in [4.78, 5) is 15.0. The third-order valence-electron chi connectivity index (χ3n) is 2.27. The zero-order valence-electron chi connectivity index (χ0n) is 8.72. The van der Waals surface area contributed by atoms with Crippen LogP contribution in [-0.4, -0.2) is 10.9 Å². The smallest absolute Gasteiger partial charge is 0.268 e. The average Bonchev–Trinajstić information content (AvgIpc) is 2.76. The van der Waals surface area contributed by atoms with E-state index >= 15 is 0 Å². The maximum atomic E-state index is 10.9. The predicted molar refractivity (Wildman–Crippen MR) is 64.5 cm³/mol. The van der Waals surface area contributed by atoms with Gasteiger partial charge in [-0.3, -0.25) is 4.79 Å². The molecule has 0 unspecified atom stereocenters. The van der Waals surface area contributed by atoms with Crippen molar-refractivity contribution in [1.29, 1.82) is 0 Å². The van der Waals surface area contributed by atoms with E-state index < -0.39 is 5.91 Å². The largest absolute Gasteiger partial charge is 0.364 e. The van der Waals surface area contributed by atoms with Gasteiger partial charge >= 0.3 is 0 Å². The molecule has 3 nitrogen and oxygen atoms in total. The first-order valence-corrected chi connectivity index (χ1v) is 5.92. The van der Waals surface area contributed by atoms with Gasteiger partial charge in [0.25, 0.3) is 5.91 Å². The second kappa shape index (κ2) is 4.90. The van der Waals surface area contributed by atoms with Gasteiger partial charge in [-0.05, 0) is 12.0 Å². The molecule has 1 heterocycles. The zero-order chi connectivity index (χ0) is 11.4. The van der Waals surface area contributed by atoms with Crippen LogP contribution in [-0.2, 0) is 12.8 Å². The number of aromatic nitrogens is 1. The third-order valence-corrected chi connectivity index (χ3v) is 3.18. The molecule has 0 bridgehead atoms. The number of hydrogen-bond acceptors (Lipinski definition) is 3. The maximum absolute atomic E-state index is 10.9. The summed E-state index contributed by atoms with van der Waals surface area (Å²) >= 11 is 1.49. The van der Waals surface area contributed by atoms with E-state index in [1.807, 2.05) is 18.2 Å². The van der Waals surface area contributed by atoms with Crippen molar-refractivity contribution in [1.82, 2.24) is 4.98 Å². The van der Waals surface area contributed by atoms with Crippen molar-refractivity contribution < 1.29 is 4.79 Å². The number of aryl methyl sites for hydroxylation is 2. The van der Waals surface area contributed by atoms with Crippen LogP contribution in [0.15, 0.2) is 35.7 Å². The molecule has 0 radical (unpaired) electrons. The highest BCUT2D eigenvalue weighted by Gasteiger charge is 2.06. The molecule has 2 aromatic rings. The number of primary amides is 1. The zero-order valence-corrected chi connectivity index (χ0v) is 9.54. The van der Waals surface area contributed by atoms with Gasteiger partial charge in [0.1, 0.15) is 5.69 Å². The molecule has 4 heteroatoms. The molecule has 0 aliphatic rings. The minimum Gasteiger partial charge on any atom is -0.364 e. The van der Waals surface area contributed by atoms with Crippen molar-refractivity contribution in [2.75, 3.05) is 0 Å². The summed E-state index contributed by atoms with van der Waals surface area (Å²) in [6.07, 6.45) is 1.79. The molecule has 0 aliphatic heterocycles. The standard InChI is InChI=1S/C12H12N2OS/c13-12(15)10-8-16-11(14-10)7-6-9-4-2-1-3-5-9/h1-5,8H,6-7H2,(H2,13,15). The first kappa shape index (κ1) is 10.8. The van der Waals surface area contributed by atoms with Crippen LogP contribution < -0.4 is 5.73 Å². The first-order valence-electron chi connectivity index (χ1n) is 5.04. The Kier molecular flexibility index (Phi) is 3.31. The van der Waals surface area contributed by atoms with Gasteiger partial charge in [0, 0.05) is 11.8 Å². The van der Waals surface area contributed by atoms with Gasteiger partial charge < -0.3 is 5.73 Å². The van der Waals surface area contributed by atoms with Crippen LogP contribution in [0.4, 0.5) is 0 Å². The van der Waals surface area contributed by atoms with Crippen molar-refractivity contribution in [2.45, 2.75) is 12.8 Å². The normalized spacial score (nSPS) is 10.2. The topological polar surface area (TPSA) is 56.0 Å². The highest BCUT2D eigenvalue weighted by Crippen LogP contribution is 2.12. The molecular weight excluding hydrogens is 220 g/mol. The van der Waals surface area contributed by atoms with Crippen LogP contribution >= 0.6 is 11.3 Å². The quantitative estimate of drug-likeness (QED) is 0.876. The lowest BCUT2D eigenvalue weighted by molar-refractivity contribution is 0.0996. The number of amides is 1. The van der Waals surface area contributed by atoms with E-state index in [1.54, 1.807) is 5.38 Å². The van der Waals surface area contributed by atoms with Crippen molar-refractivity contribution in [3.05, 3.63) is 52.0 Å². The van der Waals surface area contributed by atoms with Gasteiger partial charge in [0.05, 0.1) is 5.01 Å². The molecule has 1 amide bonds. The van der Waals surface area contributed by atoms with Gasteiger partial charge in [-0.25, -0.2) is 4.98 Å². The van der Waals surface area contributed by atoms with E-state index in [0.717, 1.165) is 17.8 Å².